The zero-order chi connectivity index (χ0) is 16.4. The van der Waals surface area contributed by atoms with Gasteiger partial charge in [0.25, 0.3) is 0 Å². The highest BCUT2D eigenvalue weighted by atomic mass is 16.5. The van der Waals surface area contributed by atoms with E-state index in [0.717, 1.165) is 36.4 Å². The highest BCUT2D eigenvalue weighted by Gasteiger charge is 2.18. The fourth-order valence-corrected chi connectivity index (χ4v) is 3.11. The number of rotatable bonds is 3. The Hall–Kier alpha value is -2.12. The molecule has 124 valence electrons. The summed E-state index contributed by atoms with van der Waals surface area (Å²) < 4.78 is 7.66. The molecule has 2 heterocycles. The van der Waals surface area contributed by atoms with E-state index < -0.39 is 0 Å². The molecule has 1 aliphatic carbocycles. The van der Waals surface area contributed by atoms with Crippen LogP contribution in [-0.2, 0) is 11.2 Å². The van der Waals surface area contributed by atoms with Gasteiger partial charge in [-0.1, -0.05) is 17.1 Å². The first-order valence-corrected chi connectivity index (χ1v) is 8.93. The van der Waals surface area contributed by atoms with E-state index in [-0.39, 0.29) is 0 Å². The molecule has 1 atom stereocenters. The number of hydrogen-bond donors (Lipinski definition) is 0. The third kappa shape index (κ3) is 3.68. The fraction of sp³-hybridized carbons (Fsp3) is 0.500. The summed E-state index contributed by atoms with van der Waals surface area (Å²) >= 11 is 0. The number of aryl methyl sites for hydroxylation is 1. The maximum absolute atomic E-state index is 5.80. The Bertz CT molecular complexity index is 774. The normalized spacial score (nSPS) is 20.5. The Morgan fingerprint density at radius 1 is 1.25 bits per heavy atom. The first-order valence-electron chi connectivity index (χ1n) is 8.93. The summed E-state index contributed by atoms with van der Waals surface area (Å²) in [6, 6.07) is 6.29. The lowest BCUT2D eigenvalue weighted by Crippen LogP contribution is -2.21. The summed E-state index contributed by atoms with van der Waals surface area (Å²) in [5, 5.41) is 8.62. The second-order valence-electron chi connectivity index (χ2n) is 6.89. The van der Waals surface area contributed by atoms with Crippen molar-refractivity contribution in [2.24, 2.45) is 5.92 Å². The van der Waals surface area contributed by atoms with Gasteiger partial charge in [0.15, 0.2) is 0 Å². The van der Waals surface area contributed by atoms with E-state index in [4.69, 9.17) is 4.74 Å². The molecule has 1 aromatic carbocycles. The predicted molar refractivity (Wildman–Crippen MR) is 93.0 cm³/mol. The first kappa shape index (κ1) is 15.4. The molecule has 0 radical (unpaired) electrons. The largest absolute Gasteiger partial charge is 0.378 e. The molecule has 0 amide bonds. The van der Waals surface area contributed by atoms with Gasteiger partial charge in [-0.15, -0.1) is 5.10 Å². The van der Waals surface area contributed by atoms with Crippen molar-refractivity contribution < 1.29 is 4.74 Å². The topological polar surface area (TPSA) is 39.9 Å². The number of ether oxygens (including phenoxy) is 1. The molecule has 4 nitrogen and oxygen atoms in total. The number of aromatic nitrogens is 3. The van der Waals surface area contributed by atoms with Crippen LogP contribution in [-0.4, -0.2) is 27.7 Å². The molecule has 1 aromatic heterocycles. The van der Waals surface area contributed by atoms with Gasteiger partial charge in [0.1, 0.15) is 0 Å². The van der Waals surface area contributed by atoms with Crippen LogP contribution in [0.25, 0.3) is 5.69 Å². The zero-order valence-electron chi connectivity index (χ0n) is 14.2. The Balaban J connectivity index is 1.48. The van der Waals surface area contributed by atoms with Crippen molar-refractivity contribution in [2.75, 3.05) is 6.61 Å². The SMILES string of the molecule is Cc1cc(C#CC2CC2)ccc1-n1cc(CC2CCCCO2)nn1. The smallest absolute Gasteiger partial charge is 0.0857 e. The fourth-order valence-electron chi connectivity index (χ4n) is 3.11. The third-order valence-corrected chi connectivity index (χ3v) is 4.69. The molecule has 4 heteroatoms. The Morgan fingerprint density at radius 2 is 2.17 bits per heavy atom. The van der Waals surface area contributed by atoms with Gasteiger partial charge >= 0.3 is 0 Å². The molecule has 1 saturated heterocycles. The number of benzene rings is 1. The molecule has 4 rings (SSSR count). The van der Waals surface area contributed by atoms with Gasteiger partial charge in [0.2, 0.25) is 0 Å². The highest BCUT2D eigenvalue weighted by molar-refractivity contribution is 5.47. The van der Waals surface area contributed by atoms with Crippen molar-refractivity contribution in [1.29, 1.82) is 0 Å². The average Bonchev–Trinajstić information content (AvgIpc) is 3.32. The molecule has 2 aliphatic rings. The molecule has 0 spiro atoms. The number of nitrogens with zero attached hydrogens (tertiary/aromatic N) is 3. The van der Waals surface area contributed by atoms with E-state index >= 15 is 0 Å². The van der Waals surface area contributed by atoms with E-state index in [1.807, 2.05) is 10.9 Å². The summed E-state index contributed by atoms with van der Waals surface area (Å²) in [5.74, 6) is 7.21. The average molecular weight is 321 g/mol. The third-order valence-electron chi connectivity index (χ3n) is 4.69. The van der Waals surface area contributed by atoms with Crippen molar-refractivity contribution in [3.05, 3.63) is 41.2 Å². The minimum absolute atomic E-state index is 0.296. The van der Waals surface area contributed by atoms with E-state index in [2.05, 4.69) is 47.3 Å². The summed E-state index contributed by atoms with van der Waals surface area (Å²) in [4.78, 5) is 0. The van der Waals surface area contributed by atoms with Crippen molar-refractivity contribution in [3.8, 4) is 17.5 Å². The van der Waals surface area contributed by atoms with Gasteiger partial charge in [-0.2, -0.15) is 0 Å². The molecule has 2 aromatic rings. The maximum Gasteiger partial charge on any atom is 0.0857 e. The summed E-state index contributed by atoms with van der Waals surface area (Å²) in [6.45, 7) is 2.98. The molecule has 24 heavy (non-hydrogen) atoms. The molecular formula is C20H23N3O. The van der Waals surface area contributed by atoms with Crippen LogP contribution in [0.3, 0.4) is 0 Å². The van der Waals surface area contributed by atoms with Crippen LogP contribution in [0, 0.1) is 24.7 Å². The lowest BCUT2D eigenvalue weighted by molar-refractivity contribution is 0.0162. The number of hydrogen-bond acceptors (Lipinski definition) is 3. The van der Waals surface area contributed by atoms with Crippen LogP contribution in [0.1, 0.15) is 48.9 Å². The summed E-state index contributed by atoms with van der Waals surface area (Å²) in [6.07, 6.45) is 9.25. The monoisotopic (exact) mass is 321 g/mol. The van der Waals surface area contributed by atoms with Gasteiger partial charge in [-0.3, -0.25) is 0 Å². The lowest BCUT2D eigenvalue weighted by atomic mass is 10.1. The molecule has 2 fully saturated rings. The molecule has 1 aliphatic heterocycles. The second-order valence-corrected chi connectivity index (χ2v) is 6.89. The van der Waals surface area contributed by atoms with E-state index in [9.17, 15) is 0 Å². The quantitative estimate of drug-likeness (QED) is 0.813. The van der Waals surface area contributed by atoms with Gasteiger partial charge < -0.3 is 4.74 Å². The molecule has 1 unspecified atom stereocenters. The zero-order valence-corrected chi connectivity index (χ0v) is 14.2. The highest BCUT2D eigenvalue weighted by Crippen LogP contribution is 2.27. The van der Waals surface area contributed by atoms with Gasteiger partial charge in [-0.05, 0) is 62.8 Å². The van der Waals surface area contributed by atoms with Gasteiger partial charge in [0, 0.05) is 24.5 Å². The summed E-state index contributed by atoms with van der Waals surface area (Å²) in [7, 11) is 0. The van der Waals surface area contributed by atoms with Crippen molar-refractivity contribution in [1.82, 2.24) is 15.0 Å². The minimum atomic E-state index is 0.296. The Morgan fingerprint density at radius 3 is 2.92 bits per heavy atom. The standard InChI is InChI=1S/C20H23N3O/c1-15-12-17(8-7-16-5-6-16)9-10-20(15)23-14-18(21-22-23)13-19-4-2-3-11-24-19/h9-10,12,14,16,19H,2-6,11,13H2,1H3. The van der Waals surface area contributed by atoms with Crippen LogP contribution < -0.4 is 0 Å². The molecular weight excluding hydrogens is 298 g/mol. The van der Waals surface area contributed by atoms with Crippen LogP contribution in [0.15, 0.2) is 24.4 Å². The van der Waals surface area contributed by atoms with Crippen LogP contribution in [0.2, 0.25) is 0 Å². The lowest BCUT2D eigenvalue weighted by Gasteiger charge is -2.21. The van der Waals surface area contributed by atoms with E-state index in [1.54, 1.807) is 0 Å². The Kier molecular flexibility index (Phi) is 4.36. The van der Waals surface area contributed by atoms with Crippen LogP contribution >= 0.6 is 0 Å². The second kappa shape index (κ2) is 6.78. The van der Waals surface area contributed by atoms with Crippen molar-refractivity contribution in [2.45, 2.75) is 51.6 Å². The Labute approximate surface area is 143 Å². The predicted octanol–water partition coefficient (Wildman–Crippen LogP) is 3.45. The van der Waals surface area contributed by atoms with Crippen LogP contribution in [0.5, 0.6) is 0 Å². The molecule has 0 bridgehead atoms. The minimum Gasteiger partial charge on any atom is -0.378 e. The summed E-state index contributed by atoms with van der Waals surface area (Å²) in [5.41, 5.74) is 4.32. The van der Waals surface area contributed by atoms with Gasteiger partial charge in [-0.25, -0.2) is 4.68 Å². The maximum atomic E-state index is 5.80. The van der Waals surface area contributed by atoms with Crippen molar-refractivity contribution in [3.63, 3.8) is 0 Å². The van der Waals surface area contributed by atoms with Crippen molar-refractivity contribution >= 4 is 0 Å². The molecule has 0 N–H and O–H groups in total. The van der Waals surface area contributed by atoms with E-state index in [0.29, 0.717) is 12.0 Å². The van der Waals surface area contributed by atoms with E-state index in [1.165, 1.54) is 31.2 Å². The first-order chi connectivity index (χ1) is 11.8. The van der Waals surface area contributed by atoms with Gasteiger partial charge in [0.05, 0.1) is 23.7 Å². The van der Waals surface area contributed by atoms with Crippen LogP contribution in [0.4, 0.5) is 0 Å². The molecule has 1 saturated carbocycles.